The molecule has 0 aliphatic heterocycles. The van der Waals surface area contributed by atoms with Crippen LogP contribution in [0, 0.1) is 6.92 Å². The van der Waals surface area contributed by atoms with Crippen molar-refractivity contribution in [2.75, 3.05) is 24.3 Å². The SMILES string of the molecule is CC.COc1ccc(-c2sc(NC(C)C)nc2C)cc1S(=O)Nc1cccnc1OC. The summed E-state index contributed by atoms with van der Waals surface area (Å²) in [5.74, 6) is 0.906. The van der Waals surface area contributed by atoms with Crippen LogP contribution in [0.3, 0.4) is 0 Å². The molecule has 7 nitrogen and oxygen atoms in total. The summed E-state index contributed by atoms with van der Waals surface area (Å²) in [6, 6.07) is 9.44. The summed E-state index contributed by atoms with van der Waals surface area (Å²) < 4.78 is 26.7. The van der Waals surface area contributed by atoms with E-state index in [0.29, 0.717) is 28.3 Å². The molecule has 3 rings (SSSR count). The van der Waals surface area contributed by atoms with Crippen molar-refractivity contribution in [3.05, 3.63) is 42.2 Å². The Labute approximate surface area is 190 Å². The molecule has 2 N–H and O–H groups in total. The summed E-state index contributed by atoms with van der Waals surface area (Å²) >= 11 is 1.57. The van der Waals surface area contributed by atoms with Gasteiger partial charge in [0.25, 0.3) is 0 Å². The third kappa shape index (κ3) is 6.18. The number of ether oxygens (including phenoxy) is 2. The minimum atomic E-state index is -1.58. The van der Waals surface area contributed by atoms with Crippen molar-refractivity contribution in [1.29, 1.82) is 0 Å². The van der Waals surface area contributed by atoms with Gasteiger partial charge in [0.1, 0.15) is 16.3 Å². The third-order valence-corrected chi connectivity index (χ3v) is 6.26. The zero-order valence-corrected chi connectivity index (χ0v) is 20.6. The van der Waals surface area contributed by atoms with Crippen molar-refractivity contribution >= 4 is 33.1 Å². The molecule has 2 aromatic heterocycles. The number of hydrogen-bond acceptors (Lipinski definition) is 7. The van der Waals surface area contributed by atoms with Crippen LogP contribution in [-0.4, -0.2) is 34.4 Å². The van der Waals surface area contributed by atoms with E-state index in [-0.39, 0.29) is 0 Å². The van der Waals surface area contributed by atoms with Crippen molar-refractivity contribution < 1.29 is 13.7 Å². The Kier molecular flexibility index (Phi) is 9.26. The summed E-state index contributed by atoms with van der Waals surface area (Å²) in [6.45, 7) is 10.1. The van der Waals surface area contributed by atoms with Crippen LogP contribution in [0.15, 0.2) is 41.4 Å². The van der Waals surface area contributed by atoms with Crippen molar-refractivity contribution in [2.24, 2.45) is 0 Å². The standard InChI is InChI=1S/C20H24N4O3S2.C2H6/c1-12(2)22-20-23-13(3)18(28-20)14-8-9-16(26-4)17(11-14)29(25)24-15-7-6-10-21-19(15)27-5;1-2/h6-12,24H,1-5H3,(H,22,23);1-2H3. The minimum absolute atomic E-state index is 0.297. The van der Waals surface area contributed by atoms with E-state index in [1.165, 1.54) is 7.11 Å². The van der Waals surface area contributed by atoms with Gasteiger partial charge in [0.15, 0.2) is 16.1 Å². The molecule has 0 saturated heterocycles. The Morgan fingerprint density at radius 3 is 2.52 bits per heavy atom. The molecule has 1 unspecified atom stereocenters. The Morgan fingerprint density at radius 2 is 1.87 bits per heavy atom. The fourth-order valence-corrected chi connectivity index (χ4v) is 4.86. The van der Waals surface area contributed by atoms with Crippen molar-refractivity contribution in [3.8, 4) is 22.1 Å². The van der Waals surface area contributed by atoms with E-state index in [1.54, 1.807) is 36.8 Å². The summed E-state index contributed by atoms with van der Waals surface area (Å²) in [7, 11) is 1.50. The molecular weight excluding hydrogens is 432 g/mol. The average molecular weight is 463 g/mol. The van der Waals surface area contributed by atoms with Gasteiger partial charge < -0.3 is 14.8 Å². The molecule has 0 fully saturated rings. The summed E-state index contributed by atoms with van der Waals surface area (Å²) in [5, 5.41) is 4.20. The fourth-order valence-electron chi connectivity index (χ4n) is 2.72. The Morgan fingerprint density at radius 1 is 1.13 bits per heavy atom. The van der Waals surface area contributed by atoms with Crippen LogP contribution < -0.4 is 19.5 Å². The highest BCUT2D eigenvalue weighted by molar-refractivity contribution is 7.86. The van der Waals surface area contributed by atoms with Gasteiger partial charge in [-0.2, -0.15) is 0 Å². The van der Waals surface area contributed by atoms with Gasteiger partial charge in [-0.15, -0.1) is 0 Å². The number of nitrogens with zero attached hydrogens (tertiary/aromatic N) is 2. The number of anilines is 2. The molecule has 3 aromatic rings. The van der Waals surface area contributed by atoms with Crippen LogP contribution in [-0.2, 0) is 11.0 Å². The van der Waals surface area contributed by atoms with Crippen LogP contribution in [0.4, 0.5) is 10.8 Å². The quantitative estimate of drug-likeness (QED) is 0.459. The number of methoxy groups -OCH3 is 2. The summed E-state index contributed by atoms with van der Waals surface area (Å²) in [5.41, 5.74) is 2.39. The van der Waals surface area contributed by atoms with E-state index in [4.69, 9.17) is 9.47 Å². The summed E-state index contributed by atoms with van der Waals surface area (Å²) in [6.07, 6.45) is 1.61. The predicted octanol–water partition coefficient (Wildman–Crippen LogP) is 5.51. The number of aryl methyl sites for hydroxylation is 1. The number of benzene rings is 1. The van der Waals surface area contributed by atoms with Gasteiger partial charge in [-0.1, -0.05) is 25.2 Å². The highest BCUT2D eigenvalue weighted by Gasteiger charge is 2.17. The highest BCUT2D eigenvalue weighted by Crippen LogP contribution is 2.36. The lowest BCUT2D eigenvalue weighted by Crippen LogP contribution is -2.08. The van der Waals surface area contributed by atoms with Gasteiger partial charge in [-0.25, -0.2) is 14.2 Å². The second-order valence-corrected chi connectivity index (χ2v) is 8.71. The Balaban J connectivity index is 0.00000166. The first kappa shape index (κ1) is 24.6. The zero-order valence-electron chi connectivity index (χ0n) is 19.0. The molecule has 31 heavy (non-hydrogen) atoms. The maximum atomic E-state index is 13.1. The van der Waals surface area contributed by atoms with E-state index >= 15 is 0 Å². The second-order valence-electron chi connectivity index (χ2n) is 6.53. The molecule has 0 aliphatic rings. The summed E-state index contributed by atoms with van der Waals surface area (Å²) in [4.78, 5) is 10.3. The van der Waals surface area contributed by atoms with Gasteiger partial charge in [-0.3, -0.25) is 4.72 Å². The molecule has 0 aliphatic carbocycles. The van der Waals surface area contributed by atoms with Crippen LogP contribution in [0.1, 0.15) is 33.4 Å². The van der Waals surface area contributed by atoms with Gasteiger partial charge >= 0.3 is 0 Å². The van der Waals surface area contributed by atoms with E-state index in [2.05, 4.69) is 33.9 Å². The molecular formula is C22H30N4O3S2. The van der Waals surface area contributed by atoms with E-state index in [0.717, 1.165) is 21.3 Å². The highest BCUT2D eigenvalue weighted by atomic mass is 32.2. The molecule has 2 heterocycles. The number of hydrogen-bond donors (Lipinski definition) is 2. The maximum absolute atomic E-state index is 13.1. The van der Waals surface area contributed by atoms with E-state index < -0.39 is 11.0 Å². The van der Waals surface area contributed by atoms with Crippen LogP contribution in [0.2, 0.25) is 0 Å². The smallest absolute Gasteiger partial charge is 0.238 e. The predicted molar refractivity (Wildman–Crippen MR) is 130 cm³/mol. The monoisotopic (exact) mass is 462 g/mol. The number of aromatic nitrogens is 2. The lowest BCUT2D eigenvalue weighted by molar-refractivity contribution is 0.400. The largest absolute Gasteiger partial charge is 0.495 e. The van der Waals surface area contributed by atoms with Gasteiger partial charge in [0.2, 0.25) is 5.88 Å². The van der Waals surface area contributed by atoms with Gasteiger partial charge in [-0.05, 0) is 56.7 Å². The first-order valence-electron chi connectivity index (χ1n) is 10.0. The van der Waals surface area contributed by atoms with Crippen molar-refractivity contribution in [2.45, 2.75) is 45.6 Å². The molecule has 0 radical (unpaired) electrons. The molecule has 0 spiro atoms. The number of rotatable bonds is 8. The molecule has 0 amide bonds. The average Bonchev–Trinajstić information content (AvgIpc) is 3.14. The number of pyridine rings is 1. The minimum Gasteiger partial charge on any atom is -0.495 e. The normalized spacial score (nSPS) is 11.4. The fraction of sp³-hybridized carbons (Fsp3) is 0.364. The number of thiazole rings is 1. The Hall–Kier alpha value is -2.65. The van der Waals surface area contributed by atoms with Crippen molar-refractivity contribution in [1.82, 2.24) is 9.97 Å². The van der Waals surface area contributed by atoms with Crippen LogP contribution >= 0.6 is 11.3 Å². The van der Waals surface area contributed by atoms with Gasteiger partial charge in [0, 0.05) is 12.2 Å². The third-order valence-electron chi connectivity index (χ3n) is 4.00. The maximum Gasteiger partial charge on any atom is 0.238 e. The zero-order chi connectivity index (χ0) is 23.0. The second kappa shape index (κ2) is 11.7. The van der Waals surface area contributed by atoms with Gasteiger partial charge in [0.05, 0.1) is 24.8 Å². The lowest BCUT2D eigenvalue weighted by Gasteiger charge is -2.13. The van der Waals surface area contributed by atoms with E-state index in [9.17, 15) is 4.21 Å². The Bertz CT molecular complexity index is 1020. The molecule has 1 atom stereocenters. The molecule has 9 heteroatoms. The van der Waals surface area contributed by atoms with Crippen LogP contribution in [0.25, 0.3) is 10.4 Å². The lowest BCUT2D eigenvalue weighted by atomic mass is 10.1. The first-order valence-corrected chi connectivity index (χ1v) is 12.0. The molecule has 1 aromatic carbocycles. The topological polar surface area (TPSA) is 85.4 Å². The molecule has 168 valence electrons. The molecule has 0 saturated carbocycles. The van der Waals surface area contributed by atoms with Crippen LogP contribution in [0.5, 0.6) is 11.6 Å². The molecule has 0 bridgehead atoms. The first-order chi connectivity index (χ1) is 14.9. The van der Waals surface area contributed by atoms with E-state index in [1.807, 2.05) is 39.0 Å². The van der Waals surface area contributed by atoms with Crippen molar-refractivity contribution in [3.63, 3.8) is 0 Å². The number of nitrogens with one attached hydrogen (secondary N) is 2.